The summed E-state index contributed by atoms with van der Waals surface area (Å²) in [6, 6.07) is 14.9. The Morgan fingerprint density at radius 1 is 1.07 bits per heavy atom. The number of hydrogen-bond donors (Lipinski definition) is 2. The topological polar surface area (TPSA) is 74.3 Å². The lowest BCUT2D eigenvalue weighted by molar-refractivity contribution is -0.131. The number of hydrogen-bond acceptors (Lipinski definition) is 3. The van der Waals surface area contributed by atoms with Crippen LogP contribution in [0.25, 0.3) is 0 Å². The minimum absolute atomic E-state index is 0.170. The largest absolute Gasteiger partial charge is 0.340 e. The van der Waals surface area contributed by atoms with Gasteiger partial charge in [0.1, 0.15) is 0 Å². The van der Waals surface area contributed by atoms with Gasteiger partial charge in [0.2, 0.25) is 5.91 Å². The molecular formula is C21H26N4O2. The minimum atomic E-state index is -0.267. The number of likely N-dealkylation sites (tertiary alicyclic amines) is 1. The summed E-state index contributed by atoms with van der Waals surface area (Å²) in [5, 5.41) is 5.86. The first-order valence-electron chi connectivity index (χ1n) is 9.49. The van der Waals surface area contributed by atoms with Gasteiger partial charge in [0.25, 0.3) is 0 Å². The molecule has 142 valence electrons. The normalized spacial score (nSPS) is 15.7. The highest BCUT2D eigenvalue weighted by molar-refractivity contribution is 5.77. The first-order valence-corrected chi connectivity index (χ1v) is 9.49. The van der Waals surface area contributed by atoms with Crippen LogP contribution in [-0.2, 0) is 11.3 Å². The standard InChI is InChI=1S/C21H26N4O2/c26-20-12-5-2-8-14-25(20)16-19(17-9-3-1-4-10-17)24-21(27)23-15-18-11-6-7-13-22-18/h1,3-4,6-7,9-11,13,19H,2,5,8,12,14-16H2,(H2,23,24,27). The molecule has 27 heavy (non-hydrogen) atoms. The lowest BCUT2D eigenvalue weighted by Gasteiger charge is -2.27. The molecule has 1 atom stereocenters. The number of nitrogens with one attached hydrogen (secondary N) is 2. The SMILES string of the molecule is O=C(NCc1ccccn1)NC(CN1CCCCCC1=O)c1ccccc1. The molecule has 1 aromatic heterocycles. The van der Waals surface area contributed by atoms with Gasteiger partial charge in [-0.2, -0.15) is 0 Å². The number of rotatable bonds is 6. The van der Waals surface area contributed by atoms with Crippen molar-refractivity contribution in [3.63, 3.8) is 0 Å². The van der Waals surface area contributed by atoms with Crippen molar-refractivity contribution in [2.75, 3.05) is 13.1 Å². The zero-order chi connectivity index (χ0) is 18.9. The highest BCUT2D eigenvalue weighted by Crippen LogP contribution is 2.18. The van der Waals surface area contributed by atoms with E-state index in [1.165, 1.54) is 0 Å². The molecule has 2 aromatic rings. The summed E-state index contributed by atoms with van der Waals surface area (Å²) in [4.78, 5) is 30.9. The molecule has 1 saturated heterocycles. The van der Waals surface area contributed by atoms with Crippen LogP contribution in [0.5, 0.6) is 0 Å². The zero-order valence-electron chi connectivity index (χ0n) is 15.4. The molecule has 1 aliphatic rings. The highest BCUT2D eigenvalue weighted by Gasteiger charge is 2.23. The molecule has 1 aliphatic heterocycles. The van der Waals surface area contributed by atoms with E-state index in [0.29, 0.717) is 19.5 Å². The van der Waals surface area contributed by atoms with Crippen LogP contribution in [0.3, 0.4) is 0 Å². The summed E-state index contributed by atoms with van der Waals surface area (Å²) in [5.74, 6) is 0.170. The molecule has 2 heterocycles. The zero-order valence-corrected chi connectivity index (χ0v) is 15.4. The van der Waals surface area contributed by atoms with Crippen molar-refractivity contribution >= 4 is 11.9 Å². The minimum Gasteiger partial charge on any atom is -0.340 e. The number of nitrogens with zero attached hydrogens (tertiary/aromatic N) is 2. The van der Waals surface area contributed by atoms with Gasteiger partial charge >= 0.3 is 6.03 Å². The van der Waals surface area contributed by atoms with Crippen molar-refractivity contribution in [3.8, 4) is 0 Å². The van der Waals surface area contributed by atoms with Gasteiger partial charge in [0.05, 0.1) is 18.3 Å². The summed E-state index contributed by atoms with van der Waals surface area (Å²) in [6.45, 7) is 1.59. The number of carbonyl (C=O) groups excluding carboxylic acids is 2. The Morgan fingerprint density at radius 2 is 1.89 bits per heavy atom. The van der Waals surface area contributed by atoms with E-state index in [4.69, 9.17) is 0 Å². The van der Waals surface area contributed by atoms with Crippen molar-refractivity contribution in [1.29, 1.82) is 0 Å². The number of benzene rings is 1. The molecule has 1 aromatic carbocycles. The second-order valence-corrected chi connectivity index (χ2v) is 6.76. The van der Waals surface area contributed by atoms with Gasteiger partial charge in [-0.25, -0.2) is 4.79 Å². The van der Waals surface area contributed by atoms with Crippen LogP contribution < -0.4 is 10.6 Å². The van der Waals surface area contributed by atoms with Crippen LogP contribution in [0.4, 0.5) is 4.79 Å². The Balaban J connectivity index is 1.64. The van der Waals surface area contributed by atoms with Crippen LogP contribution in [0.2, 0.25) is 0 Å². The van der Waals surface area contributed by atoms with E-state index in [9.17, 15) is 9.59 Å². The molecule has 2 N–H and O–H groups in total. The number of amides is 3. The lowest BCUT2D eigenvalue weighted by atomic mass is 10.1. The predicted octanol–water partition coefficient (Wildman–Crippen LogP) is 3.02. The third-order valence-electron chi connectivity index (χ3n) is 4.74. The maximum atomic E-state index is 12.4. The fraction of sp³-hybridized carbons (Fsp3) is 0.381. The number of urea groups is 1. The highest BCUT2D eigenvalue weighted by atomic mass is 16.2. The number of pyridine rings is 1. The van der Waals surface area contributed by atoms with E-state index >= 15 is 0 Å². The molecular weight excluding hydrogens is 340 g/mol. The van der Waals surface area contributed by atoms with Crippen molar-refractivity contribution in [3.05, 3.63) is 66.0 Å². The fourth-order valence-corrected chi connectivity index (χ4v) is 3.25. The van der Waals surface area contributed by atoms with Gasteiger partial charge in [-0.15, -0.1) is 0 Å². The number of carbonyl (C=O) groups is 2. The average molecular weight is 366 g/mol. The van der Waals surface area contributed by atoms with Gasteiger partial charge < -0.3 is 15.5 Å². The smallest absolute Gasteiger partial charge is 0.315 e. The second kappa shape index (κ2) is 9.71. The molecule has 1 unspecified atom stereocenters. The van der Waals surface area contributed by atoms with Gasteiger partial charge in [0.15, 0.2) is 0 Å². The molecule has 3 rings (SSSR count). The first kappa shape index (κ1) is 18.9. The van der Waals surface area contributed by atoms with Crippen LogP contribution >= 0.6 is 0 Å². The Bertz CT molecular complexity index is 736. The maximum absolute atomic E-state index is 12.4. The molecule has 0 aliphatic carbocycles. The van der Waals surface area contributed by atoms with Gasteiger partial charge in [-0.05, 0) is 30.5 Å². The molecule has 3 amide bonds. The molecule has 0 spiro atoms. The fourth-order valence-electron chi connectivity index (χ4n) is 3.25. The van der Waals surface area contributed by atoms with Crippen molar-refractivity contribution < 1.29 is 9.59 Å². The van der Waals surface area contributed by atoms with Crippen LogP contribution in [0.15, 0.2) is 54.7 Å². The van der Waals surface area contributed by atoms with E-state index in [0.717, 1.165) is 37.1 Å². The monoisotopic (exact) mass is 366 g/mol. The third kappa shape index (κ3) is 5.81. The molecule has 0 saturated carbocycles. The van der Waals surface area contributed by atoms with Crippen molar-refractivity contribution in [2.24, 2.45) is 0 Å². The number of aromatic nitrogens is 1. The van der Waals surface area contributed by atoms with Crippen molar-refractivity contribution in [2.45, 2.75) is 38.3 Å². The Labute approximate surface area is 160 Å². The van der Waals surface area contributed by atoms with E-state index in [1.54, 1.807) is 6.20 Å². The van der Waals surface area contributed by atoms with Crippen LogP contribution in [0, 0.1) is 0 Å². The average Bonchev–Trinajstić information content (AvgIpc) is 2.91. The van der Waals surface area contributed by atoms with Crippen LogP contribution in [-0.4, -0.2) is 34.9 Å². The molecule has 0 radical (unpaired) electrons. The second-order valence-electron chi connectivity index (χ2n) is 6.76. The van der Waals surface area contributed by atoms with E-state index < -0.39 is 0 Å². The summed E-state index contributed by atoms with van der Waals surface area (Å²) >= 11 is 0. The van der Waals surface area contributed by atoms with E-state index in [1.807, 2.05) is 53.4 Å². The summed E-state index contributed by atoms with van der Waals surface area (Å²) in [5.41, 5.74) is 1.79. The Kier molecular flexibility index (Phi) is 6.79. The van der Waals surface area contributed by atoms with E-state index in [2.05, 4.69) is 15.6 Å². The van der Waals surface area contributed by atoms with Gasteiger partial charge in [-0.3, -0.25) is 9.78 Å². The lowest BCUT2D eigenvalue weighted by Crippen LogP contribution is -2.44. The molecule has 6 heteroatoms. The summed E-state index contributed by atoms with van der Waals surface area (Å²) < 4.78 is 0. The van der Waals surface area contributed by atoms with Gasteiger partial charge in [-0.1, -0.05) is 42.8 Å². The first-order chi connectivity index (χ1) is 13.2. The molecule has 6 nitrogen and oxygen atoms in total. The third-order valence-corrected chi connectivity index (χ3v) is 4.74. The van der Waals surface area contributed by atoms with Crippen molar-refractivity contribution in [1.82, 2.24) is 20.5 Å². The Morgan fingerprint density at radius 3 is 2.67 bits per heavy atom. The summed E-state index contributed by atoms with van der Waals surface area (Å²) in [6.07, 6.45) is 5.33. The Hall–Kier alpha value is -2.89. The maximum Gasteiger partial charge on any atom is 0.315 e. The molecule has 0 bridgehead atoms. The quantitative estimate of drug-likeness (QED) is 0.825. The van der Waals surface area contributed by atoms with Crippen LogP contribution in [0.1, 0.15) is 43.0 Å². The summed E-state index contributed by atoms with van der Waals surface area (Å²) in [7, 11) is 0. The predicted molar refractivity (Wildman–Crippen MR) is 104 cm³/mol. The van der Waals surface area contributed by atoms with E-state index in [-0.39, 0.29) is 18.0 Å². The molecule has 1 fully saturated rings. The van der Waals surface area contributed by atoms with Gasteiger partial charge in [0, 0.05) is 25.7 Å².